The van der Waals surface area contributed by atoms with E-state index in [0.717, 1.165) is 67.8 Å². The van der Waals surface area contributed by atoms with Crippen molar-refractivity contribution in [1.29, 1.82) is 0 Å². The first-order chi connectivity index (χ1) is 10.8. The molecule has 1 saturated heterocycles. The monoisotopic (exact) mass is 321 g/mol. The van der Waals surface area contributed by atoms with Crippen LogP contribution < -0.4 is 5.32 Å². The minimum Gasteiger partial charge on any atom is -0.381 e. The molecule has 2 aliphatic heterocycles. The number of halogens is 1. The van der Waals surface area contributed by atoms with Gasteiger partial charge in [0.15, 0.2) is 0 Å². The molecule has 1 aromatic heterocycles. The van der Waals surface area contributed by atoms with Crippen LogP contribution in [0.3, 0.4) is 0 Å². The van der Waals surface area contributed by atoms with Crippen LogP contribution in [0.25, 0.3) is 0 Å². The summed E-state index contributed by atoms with van der Waals surface area (Å²) in [5.74, 6) is 0.469. The zero-order valence-electron chi connectivity index (χ0n) is 13.1. The van der Waals surface area contributed by atoms with Crippen molar-refractivity contribution in [3.8, 4) is 0 Å². The highest BCUT2D eigenvalue weighted by atomic mass is 35.5. The number of anilines is 1. The van der Waals surface area contributed by atoms with Gasteiger partial charge in [0.2, 0.25) is 0 Å². The molecule has 120 valence electrons. The zero-order valence-corrected chi connectivity index (χ0v) is 13.9. The lowest BCUT2D eigenvalue weighted by atomic mass is 10.0. The van der Waals surface area contributed by atoms with Crippen molar-refractivity contribution in [2.45, 2.75) is 57.0 Å². The van der Waals surface area contributed by atoms with Crippen molar-refractivity contribution in [1.82, 2.24) is 4.98 Å². The molecule has 0 amide bonds. The number of fused-ring (bicyclic) bond motifs is 1. The first-order valence-corrected chi connectivity index (χ1v) is 8.79. The molecular weight excluding hydrogens is 298 g/mol. The molecule has 0 aromatic carbocycles. The Bertz CT molecular complexity index is 541. The summed E-state index contributed by atoms with van der Waals surface area (Å²) in [4.78, 5) is 9.37. The van der Waals surface area contributed by atoms with E-state index in [1.165, 1.54) is 0 Å². The first-order valence-electron chi connectivity index (χ1n) is 8.26. The van der Waals surface area contributed by atoms with Gasteiger partial charge in [-0.1, -0.05) is 6.92 Å². The van der Waals surface area contributed by atoms with E-state index in [1.54, 1.807) is 0 Å². The zero-order chi connectivity index (χ0) is 15.4. The van der Waals surface area contributed by atoms with Gasteiger partial charge >= 0.3 is 0 Å². The van der Waals surface area contributed by atoms with Crippen LogP contribution in [-0.2, 0) is 17.0 Å². The molecular formula is C17H24ClN3O. The van der Waals surface area contributed by atoms with Crippen molar-refractivity contribution in [3.05, 3.63) is 23.0 Å². The van der Waals surface area contributed by atoms with E-state index in [9.17, 15) is 0 Å². The highest BCUT2D eigenvalue weighted by molar-refractivity contribution is 6.17. The van der Waals surface area contributed by atoms with E-state index >= 15 is 0 Å². The normalized spacial score (nSPS) is 22.2. The van der Waals surface area contributed by atoms with Crippen molar-refractivity contribution in [3.63, 3.8) is 0 Å². The molecule has 1 unspecified atom stereocenters. The van der Waals surface area contributed by atoms with Gasteiger partial charge in [-0.05, 0) is 32.1 Å². The van der Waals surface area contributed by atoms with Gasteiger partial charge in [0.1, 0.15) is 0 Å². The third-order valence-electron chi connectivity index (χ3n) is 4.59. The van der Waals surface area contributed by atoms with Gasteiger partial charge in [-0.25, -0.2) is 0 Å². The summed E-state index contributed by atoms with van der Waals surface area (Å²) in [6.07, 6.45) is 9.15. The second-order valence-electron chi connectivity index (χ2n) is 6.06. The summed E-state index contributed by atoms with van der Waals surface area (Å²) in [6.45, 7) is 3.84. The van der Waals surface area contributed by atoms with E-state index in [2.05, 4.69) is 17.2 Å². The van der Waals surface area contributed by atoms with E-state index in [-0.39, 0.29) is 0 Å². The topological polar surface area (TPSA) is 46.5 Å². The Kier molecular flexibility index (Phi) is 5.32. The number of ether oxygens (including phenoxy) is 1. The van der Waals surface area contributed by atoms with E-state index in [1.807, 2.05) is 12.4 Å². The van der Waals surface area contributed by atoms with Gasteiger partial charge in [-0.15, -0.1) is 11.6 Å². The molecule has 22 heavy (non-hydrogen) atoms. The quantitative estimate of drug-likeness (QED) is 0.863. The number of hydrogen-bond donors (Lipinski definition) is 1. The van der Waals surface area contributed by atoms with Gasteiger partial charge in [0, 0.05) is 42.8 Å². The molecule has 5 heteroatoms. The van der Waals surface area contributed by atoms with Gasteiger partial charge < -0.3 is 10.1 Å². The fraction of sp³-hybridized carbons (Fsp3) is 0.647. The molecule has 3 heterocycles. The third kappa shape index (κ3) is 3.44. The van der Waals surface area contributed by atoms with Crippen LogP contribution in [0.15, 0.2) is 11.2 Å². The minimum atomic E-state index is 0.407. The van der Waals surface area contributed by atoms with Crippen LogP contribution in [0.2, 0.25) is 0 Å². The maximum Gasteiger partial charge on any atom is 0.0513 e. The van der Waals surface area contributed by atoms with Crippen LogP contribution in [0.1, 0.15) is 49.4 Å². The molecule has 1 atom stereocenters. The van der Waals surface area contributed by atoms with Crippen molar-refractivity contribution < 1.29 is 4.74 Å². The van der Waals surface area contributed by atoms with Crippen LogP contribution in [0.4, 0.5) is 5.69 Å². The van der Waals surface area contributed by atoms with Crippen molar-refractivity contribution in [2.24, 2.45) is 4.99 Å². The summed E-state index contributed by atoms with van der Waals surface area (Å²) < 4.78 is 5.45. The van der Waals surface area contributed by atoms with Crippen LogP contribution >= 0.6 is 11.6 Å². The van der Waals surface area contributed by atoms with E-state index < -0.39 is 0 Å². The second-order valence-corrected chi connectivity index (χ2v) is 6.33. The molecule has 2 aliphatic rings. The lowest BCUT2D eigenvalue weighted by molar-refractivity contribution is 0.0904. The highest BCUT2D eigenvalue weighted by Gasteiger charge is 2.21. The van der Waals surface area contributed by atoms with Gasteiger partial charge in [-0.3, -0.25) is 9.98 Å². The highest BCUT2D eigenvalue weighted by Crippen LogP contribution is 2.29. The van der Waals surface area contributed by atoms with E-state index in [4.69, 9.17) is 21.3 Å². The molecule has 0 saturated carbocycles. The standard InChI is InChI=1S/C17H24ClN3O/c1-2-13-3-4-16-15(11-19-13)17(12(9-18)10-20-16)21-14-5-7-22-8-6-14/h10-11,13-14H,2-9H2,1H3,(H,20,21). The Balaban J connectivity index is 1.92. The summed E-state index contributed by atoms with van der Waals surface area (Å²) in [6, 6.07) is 0.852. The molecule has 4 nitrogen and oxygen atoms in total. The molecule has 0 aliphatic carbocycles. The number of pyridine rings is 1. The summed E-state index contributed by atoms with van der Waals surface area (Å²) in [7, 11) is 0. The molecule has 0 radical (unpaired) electrons. The molecule has 1 aromatic rings. The summed E-state index contributed by atoms with van der Waals surface area (Å²) in [5.41, 5.74) is 4.48. The fourth-order valence-corrected chi connectivity index (χ4v) is 3.33. The molecule has 0 bridgehead atoms. The first kappa shape index (κ1) is 15.8. The smallest absolute Gasteiger partial charge is 0.0513 e. The lowest BCUT2D eigenvalue weighted by Gasteiger charge is -2.26. The van der Waals surface area contributed by atoms with E-state index in [0.29, 0.717) is 18.0 Å². The average molecular weight is 322 g/mol. The maximum absolute atomic E-state index is 6.14. The predicted molar refractivity (Wildman–Crippen MR) is 91.3 cm³/mol. The third-order valence-corrected chi connectivity index (χ3v) is 4.88. The Morgan fingerprint density at radius 1 is 1.32 bits per heavy atom. The van der Waals surface area contributed by atoms with Crippen molar-refractivity contribution >= 4 is 23.5 Å². The largest absolute Gasteiger partial charge is 0.381 e. The lowest BCUT2D eigenvalue weighted by Crippen LogP contribution is -2.29. The number of hydrogen-bond acceptors (Lipinski definition) is 4. The SMILES string of the molecule is CCC1CCc2ncc(CCl)c(NC3CCOCC3)c2C=N1. The summed E-state index contributed by atoms with van der Waals surface area (Å²) >= 11 is 6.14. The van der Waals surface area contributed by atoms with Gasteiger partial charge in [0.05, 0.1) is 23.3 Å². The predicted octanol–water partition coefficient (Wildman–Crippen LogP) is 3.56. The fourth-order valence-electron chi connectivity index (χ4n) is 3.13. The number of aryl methyl sites for hydroxylation is 1. The number of aliphatic imine (C=N–C) groups is 1. The summed E-state index contributed by atoms with van der Waals surface area (Å²) in [5, 5.41) is 3.69. The van der Waals surface area contributed by atoms with Gasteiger partial charge in [0.25, 0.3) is 0 Å². The Morgan fingerprint density at radius 2 is 2.14 bits per heavy atom. The Hall–Kier alpha value is -1.13. The molecule has 1 fully saturated rings. The minimum absolute atomic E-state index is 0.407. The average Bonchev–Trinajstić information content (AvgIpc) is 2.78. The molecule has 3 rings (SSSR count). The maximum atomic E-state index is 6.14. The van der Waals surface area contributed by atoms with Crippen LogP contribution in [0.5, 0.6) is 0 Å². The Morgan fingerprint density at radius 3 is 2.86 bits per heavy atom. The molecule has 1 N–H and O–H groups in total. The number of alkyl halides is 1. The van der Waals surface area contributed by atoms with Gasteiger partial charge in [-0.2, -0.15) is 0 Å². The van der Waals surface area contributed by atoms with Crippen LogP contribution in [0, 0.1) is 0 Å². The number of nitrogens with one attached hydrogen (secondary N) is 1. The van der Waals surface area contributed by atoms with Crippen molar-refractivity contribution in [2.75, 3.05) is 18.5 Å². The Labute approximate surface area is 137 Å². The number of aromatic nitrogens is 1. The molecule has 0 spiro atoms. The number of rotatable bonds is 4. The second kappa shape index (κ2) is 7.42. The number of nitrogens with zero attached hydrogens (tertiary/aromatic N) is 2. The van der Waals surface area contributed by atoms with Crippen LogP contribution in [-0.4, -0.2) is 36.5 Å².